The molecule has 0 saturated carbocycles. The van der Waals surface area contributed by atoms with Crippen LogP contribution in [0.25, 0.3) is 10.6 Å². The van der Waals surface area contributed by atoms with Crippen molar-refractivity contribution < 1.29 is 9.59 Å². The van der Waals surface area contributed by atoms with Crippen molar-refractivity contribution in [3.63, 3.8) is 0 Å². The van der Waals surface area contributed by atoms with E-state index in [-0.39, 0.29) is 17.7 Å². The van der Waals surface area contributed by atoms with Crippen LogP contribution >= 0.6 is 22.7 Å². The summed E-state index contributed by atoms with van der Waals surface area (Å²) in [4.78, 5) is 31.2. The fourth-order valence-corrected chi connectivity index (χ4v) is 4.48. The molecule has 2 aromatic rings. The number of thiazole rings is 1. The van der Waals surface area contributed by atoms with Crippen molar-refractivity contribution >= 4 is 39.6 Å². The maximum absolute atomic E-state index is 12.3. The van der Waals surface area contributed by atoms with E-state index in [1.54, 1.807) is 11.3 Å². The Kier molecular flexibility index (Phi) is 5.51. The van der Waals surface area contributed by atoms with Gasteiger partial charge in [-0.05, 0) is 38.1 Å². The zero-order chi connectivity index (χ0) is 18.0. The number of nitrogens with zero attached hydrogens (tertiary/aromatic N) is 1. The summed E-state index contributed by atoms with van der Waals surface area (Å²) in [6, 6.07) is 4.01. The second-order valence-corrected chi connectivity index (χ2v) is 8.67. The maximum Gasteiger partial charge on any atom is 0.229 e. The lowest BCUT2D eigenvalue weighted by Crippen LogP contribution is -2.48. The monoisotopic (exact) mass is 378 g/mol. The highest BCUT2D eigenvalue weighted by Gasteiger charge is 2.29. The lowest BCUT2D eigenvalue weighted by molar-refractivity contribution is -0.121. The molecular formula is C17H22N4O2S2. The third kappa shape index (κ3) is 4.26. The van der Waals surface area contributed by atoms with Gasteiger partial charge < -0.3 is 16.0 Å². The number of amides is 2. The highest BCUT2D eigenvalue weighted by atomic mass is 32.1. The van der Waals surface area contributed by atoms with Crippen molar-refractivity contribution in [2.45, 2.75) is 27.3 Å². The summed E-state index contributed by atoms with van der Waals surface area (Å²) in [6.07, 6.45) is 0. The summed E-state index contributed by atoms with van der Waals surface area (Å²) in [7, 11) is 0. The zero-order valence-electron chi connectivity index (χ0n) is 14.5. The van der Waals surface area contributed by atoms with Crippen LogP contribution in [0.15, 0.2) is 12.1 Å². The Morgan fingerprint density at radius 2 is 2.12 bits per heavy atom. The predicted octanol–water partition coefficient (Wildman–Crippen LogP) is 2.61. The Morgan fingerprint density at radius 1 is 1.36 bits per heavy atom. The largest absolute Gasteiger partial charge is 0.351 e. The molecule has 0 bridgehead atoms. The number of nitrogens with one attached hydrogen (secondary N) is 3. The molecule has 6 nitrogen and oxygen atoms in total. The number of hydrogen-bond acceptors (Lipinski definition) is 6. The quantitative estimate of drug-likeness (QED) is 0.722. The Morgan fingerprint density at radius 3 is 2.76 bits per heavy atom. The van der Waals surface area contributed by atoms with E-state index in [1.807, 2.05) is 26.0 Å². The normalized spacial score (nSPS) is 15.5. The number of carbonyl (C=O) groups is 2. The molecule has 1 aliphatic heterocycles. The van der Waals surface area contributed by atoms with Gasteiger partial charge in [0.05, 0.1) is 17.1 Å². The number of aryl methyl sites for hydroxylation is 1. The zero-order valence-corrected chi connectivity index (χ0v) is 16.1. The molecular weight excluding hydrogens is 356 g/mol. The van der Waals surface area contributed by atoms with Gasteiger partial charge in [0, 0.05) is 22.6 Å². The second kappa shape index (κ2) is 7.63. The van der Waals surface area contributed by atoms with Gasteiger partial charge in [-0.15, -0.1) is 22.7 Å². The van der Waals surface area contributed by atoms with Gasteiger partial charge in [0.2, 0.25) is 11.8 Å². The first kappa shape index (κ1) is 18.0. The molecule has 3 N–H and O–H groups in total. The molecule has 2 amide bonds. The highest BCUT2D eigenvalue weighted by Crippen LogP contribution is 2.35. The summed E-state index contributed by atoms with van der Waals surface area (Å²) in [5, 5.41) is 9.60. The fourth-order valence-electron chi connectivity index (χ4n) is 2.59. The van der Waals surface area contributed by atoms with E-state index >= 15 is 0 Å². The third-order valence-electron chi connectivity index (χ3n) is 4.37. The first-order chi connectivity index (χ1) is 11.9. The van der Waals surface area contributed by atoms with Gasteiger partial charge in [-0.3, -0.25) is 9.59 Å². The average Bonchev–Trinajstić information content (AvgIpc) is 3.09. The second-order valence-electron chi connectivity index (χ2n) is 6.30. The molecule has 0 aliphatic carbocycles. The first-order valence-electron chi connectivity index (χ1n) is 8.26. The lowest BCUT2D eigenvalue weighted by atomic mass is 9.88. The molecule has 1 saturated heterocycles. The van der Waals surface area contributed by atoms with E-state index in [9.17, 15) is 9.59 Å². The molecule has 2 aromatic heterocycles. The summed E-state index contributed by atoms with van der Waals surface area (Å²) >= 11 is 3.10. The van der Waals surface area contributed by atoms with Crippen LogP contribution < -0.4 is 16.0 Å². The first-order valence-corrected chi connectivity index (χ1v) is 9.90. The maximum atomic E-state index is 12.3. The fraction of sp³-hybridized carbons (Fsp3) is 0.471. The van der Waals surface area contributed by atoms with Gasteiger partial charge in [0.15, 0.2) is 5.13 Å². The molecule has 1 fully saturated rings. The van der Waals surface area contributed by atoms with E-state index in [0.29, 0.717) is 17.6 Å². The number of rotatable bonds is 6. The van der Waals surface area contributed by atoms with Crippen molar-refractivity contribution in [3.05, 3.63) is 21.9 Å². The van der Waals surface area contributed by atoms with E-state index < -0.39 is 0 Å². The van der Waals surface area contributed by atoms with Crippen molar-refractivity contribution in [3.8, 4) is 10.6 Å². The minimum Gasteiger partial charge on any atom is -0.351 e. The summed E-state index contributed by atoms with van der Waals surface area (Å²) < 4.78 is 0. The van der Waals surface area contributed by atoms with Crippen molar-refractivity contribution in [1.29, 1.82) is 0 Å². The molecule has 8 heteroatoms. The van der Waals surface area contributed by atoms with Gasteiger partial charge in [-0.1, -0.05) is 6.92 Å². The van der Waals surface area contributed by atoms with Gasteiger partial charge in [-0.25, -0.2) is 4.98 Å². The third-order valence-corrected chi connectivity index (χ3v) is 6.35. The summed E-state index contributed by atoms with van der Waals surface area (Å²) in [5.41, 5.74) is 0.900. The Balaban J connectivity index is 1.67. The van der Waals surface area contributed by atoms with Crippen LogP contribution in [0.5, 0.6) is 0 Å². The molecule has 0 spiro atoms. The number of carbonyl (C=O) groups excluding carboxylic acids is 2. The molecule has 0 aromatic carbocycles. The summed E-state index contributed by atoms with van der Waals surface area (Å²) in [5.74, 6) is 0.388. The average molecular weight is 379 g/mol. The van der Waals surface area contributed by atoms with Crippen LogP contribution in [0, 0.1) is 18.8 Å². The minimum atomic E-state index is -0.0411. The van der Waals surface area contributed by atoms with Gasteiger partial charge >= 0.3 is 0 Å². The molecule has 25 heavy (non-hydrogen) atoms. The molecule has 3 rings (SSSR count). The van der Waals surface area contributed by atoms with Crippen molar-refractivity contribution in [2.24, 2.45) is 11.8 Å². The lowest BCUT2D eigenvalue weighted by Gasteiger charge is -2.31. The number of aromatic nitrogens is 1. The SMILES string of the molecule is CC(=O)NCc1ccc(-c2nc(NC(=O)C(C)C3CNC3)sc2C)s1. The number of thiophene rings is 1. The molecule has 134 valence electrons. The van der Waals surface area contributed by atoms with Gasteiger partial charge in [0.25, 0.3) is 0 Å². The minimum absolute atomic E-state index is 0.0140. The van der Waals surface area contributed by atoms with Crippen LogP contribution in [0.2, 0.25) is 0 Å². The van der Waals surface area contributed by atoms with E-state index in [1.165, 1.54) is 18.3 Å². The Labute approximate surface area is 155 Å². The van der Waals surface area contributed by atoms with E-state index in [4.69, 9.17) is 0 Å². The standard InChI is InChI=1S/C17H22N4O2S2/c1-9(12-6-18-7-12)16(23)21-17-20-15(10(2)24-17)14-5-4-13(25-14)8-19-11(3)22/h4-5,9,12,18H,6-8H2,1-3H3,(H,19,22)(H,20,21,23). The van der Waals surface area contributed by atoms with E-state index in [0.717, 1.165) is 33.4 Å². The topological polar surface area (TPSA) is 83.1 Å². The highest BCUT2D eigenvalue weighted by molar-refractivity contribution is 7.18. The van der Waals surface area contributed by atoms with Crippen LogP contribution in [-0.4, -0.2) is 29.9 Å². The summed E-state index contributed by atoms with van der Waals surface area (Å²) in [6.45, 7) is 7.82. The molecule has 1 atom stereocenters. The molecule has 1 aliphatic rings. The van der Waals surface area contributed by atoms with Crippen LogP contribution in [-0.2, 0) is 16.1 Å². The Hall–Kier alpha value is -1.77. The van der Waals surface area contributed by atoms with Crippen LogP contribution in [0.4, 0.5) is 5.13 Å². The molecule has 1 unspecified atom stereocenters. The molecule has 0 radical (unpaired) electrons. The van der Waals surface area contributed by atoms with Crippen LogP contribution in [0.3, 0.4) is 0 Å². The van der Waals surface area contributed by atoms with Crippen LogP contribution in [0.1, 0.15) is 23.6 Å². The number of anilines is 1. The Bertz CT molecular complexity index is 779. The van der Waals surface area contributed by atoms with Crippen molar-refractivity contribution in [1.82, 2.24) is 15.6 Å². The van der Waals surface area contributed by atoms with Gasteiger partial charge in [0.1, 0.15) is 0 Å². The smallest absolute Gasteiger partial charge is 0.229 e. The van der Waals surface area contributed by atoms with Gasteiger partial charge in [-0.2, -0.15) is 0 Å². The van der Waals surface area contributed by atoms with E-state index in [2.05, 4.69) is 20.9 Å². The van der Waals surface area contributed by atoms with Crippen molar-refractivity contribution in [2.75, 3.05) is 18.4 Å². The predicted molar refractivity (Wildman–Crippen MR) is 102 cm³/mol. The molecule has 3 heterocycles. The number of hydrogen-bond donors (Lipinski definition) is 3.